The zero-order valence-electron chi connectivity index (χ0n) is 15.8. The van der Waals surface area contributed by atoms with E-state index in [1.807, 2.05) is 6.07 Å². The van der Waals surface area contributed by atoms with Crippen LogP contribution in [-0.4, -0.2) is 18.8 Å². The van der Waals surface area contributed by atoms with Crippen molar-refractivity contribution in [2.45, 2.75) is 12.3 Å². The lowest BCUT2D eigenvalue weighted by atomic mass is 9.66. The van der Waals surface area contributed by atoms with Crippen LogP contribution < -0.4 is 15.8 Å². The Morgan fingerprint density at radius 2 is 1.97 bits per heavy atom. The average Bonchev–Trinajstić information content (AvgIpc) is 3.00. The molecule has 1 spiro atoms. The Kier molecular flexibility index (Phi) is 4.13. The van der Waals surface area contributed by atoms with Crippen LogP contribution in [0.2, 0.25) is 0 Å². The molecule has 0 aliphatic carbocycles. The number of nitrogens with two attached hydrogens (primary N) is 1. The molecule has 2 heterocycles. The number of methoxy groups -OCH3 is 1. The number of ketones is 1. The Morgan fingerprint density at radius 3 is 2.62 bits per heavy atom. The maximum absolute atomic E-state index is 13.5. The molecule has 3 N–H and O–H groups in total. The first-order valence-electron chi connectivity index (χ1n) is 8.84. The van der Waals surface area contributed by atoms with Crippen molar-refractivity contribution in [1.29, 1.82) is 5.26 Å². The Hall–Kier alpha value is -4.05. The van der Waals surface area contributed by atoms with Crippen molar-refractivity contribution in [2.24, 2.45) is 5.73 Å². The van der Waals surface area contributed by atoms with Gasteiger partial charge >= 0.3 is 0 Å². The number of carbonyl (C=O) groups is 2. The van der Waals surface area contributed by atoms with E-state index in [4.69, 9.17) is 15.2 Å². The monoisotopic (exact) mass is 387 g/mol. The van der Waals surface area contributed by atoms with Crippen LogP contribution in [0.15, 0.2) is 71.3 Å². The van der Waals surface area contributed by atoms with E-state index in [9.17, 15) is 14.9 Å². The number of anilines is 1. The van der Waals surface area contributed by atoms with E-state index >= 15 is 0 Å². The topological polar surface area (TPSA) is 114 Å². The molecule has 2 aromatic carbocycles. The highest BCUT2D eigenvalue weighted by Crippen LogP contribution is 2.53. The third kappa shape index (κ3) is 2.43. The first-order chi connectivity index (χ1) is 13.9. The number of ether oxygens (including phenoxy) is 2. The first-order valence-corrected chi connectivity index (χ1v) is 8.84. The maximum atomic E-state index is 13.5. The fourth-order valence-corrected chi connectivity index (χ4v) is 3.95. The predicted molar refractivity (Wildman–Crippen MR) is 105 cm³/mol. The number of hydrogen-bond donors (Lipinski definition) is 2. The van der Waals surface area contributed by atoms with Gasteiger partial charge in [0.05, 0.1) is 12.7 Å². The molecule has 0 fully saturated rings. The molecule has 0 saturated carbocycles. The van der Waals surface area contributed by atoms with Gasteiger partial charge in [-0.05, 0) is 25.1 Å². The lowest BCUT2D eigenvalue weighted by molar-refractivity contribution is -0.118. The van der Waals surface area contributed by atoms with Crippen molar-refractivity contribution in [3.05, 3.63) is 82.4 Å². The highest BCUT2D eigenvalue weighted by Gasteiger charge is 2.59. The third-order valence-corrected chi connectivity index (χ3v) is 5.21. The molecule has 0 aromatic heterocycles. The summed E-state index contributed by atoms with van der Waals surface area (Å²) in [6, 6.07) is 15.5. The van der Waals surface area contributed by atoms with Gasteiger partial charge in [0.2, 0.25) is 11.8 Å². The van der Waals surface area contributed by atoms with Crippen LogP contribution in [0.1, 0.15) is 22.8 Å². The van der Waals surface area contributed by atoms with Crippen LogP contribution in [-0.2, 0) is 14.9 Å². The molecular weight excluding hydrogens is 370 g/mol. The van der Waals surface area contributed by atoms with Crippen molar-refractivity contribution in [3.8, 4) is 11.8 Å². The summed E-state index contributed by atoms with van der Waals surface area (Å²) in [6.07, 6.45) is 0. The van der Waals surface area contributed by atoms with Crippen molar-refractivity contribution in [3.63, 3.8) is 0 Å². The molecule has 2 aromatic rings. The molecular formula is C22H17N3O4. The number of fused-ring (bicyclic) bond motifs is 2. The van der Waals surface area contributed by atoms with E-state index in [2.05, 4.69) is 5.32 Å². The number of rotatable bonds is 3. The molecule has 0 radical (unpaired) electrons. The quantitative estimate of drug-likeness (QED) is 0.783. The van der Waals surface area contributed by atoms with Gasteiger partial charge in [-0.2, -0.15) is 5.26 Å². The molecule has 7 heteroatoms. The predicted octanol–water partition coefficient (Wildman–Crippen LogP) is 2.77. The number of Topliss-reactive ketones (excluding diaryl/α,β-unsaturated/α-hetero) is 1. The number of nitrogens with zero attached hydrogens (tertiary/aromatic N) is 1. The Balaban J connectivity index is 2.07. The van der Waals surface area contributed by atoms with Crippen LogP contribution >= 0.6 is 0 Å². The normalized spacial score (nSPS) is 20.1. The van der Waals surface area contributed by atoms with Gasteiger partial charge in [0.25, 0.3) is 0 Å². The smallest absolute Gasteiger partial charge is 0.245 e. The van der Waals surface area contributed by atoms with Crippen LogP contribution in [0, 0.1) is 11.3 Å². The van der Waals surface area contributed by atoms with E-state index in [-0.39, 0.29) is 22.8 Å². The van der Waals surface area contributed by atoms with E-state index in [0.29, 0.717) is 22.6 Å². The molecule has 0 saturated heterocycles. The SMILES string of the molecule is COc1ccc2c(c1)C1(C(=O)N2)C(C#N)=C(N)OC(C)=C1C(=O)c1ccccc1. The minimum atomic E-state index is -1.72. The fourth-order valence-electron chi connectivity index (χ4n) is 3.95. The number of carbonyl (C=O) groups excluding carboxylic acids is 2. The Bertz CT molecular complexity index is 1160. The summed E-state index contributed by atoms with van der Waals surface area (Å²) in [5, 5.41) is 12.7. The van der Waals surface area contributed by atoms with E-state index in [0.717, 1.165) is 0 Å². The first kappa shape index (κ1) is 18.3. The van der Waals surface area contributed by atoms with E-state index in [1.54, 1.807) is 55.5 Å². The highest BCUT2D eigenvalue weighted by atomic mass is 16.5. The van der Waals surface area contributed by atoms with Gasteiger partial charge in [-0.3, -0.25) is 9.59 Å². The fraction of sp³-hybridized carbons (Fsp3) is 0.136. The Labute approximate surface area is 167 Å². The molecule has 1 amide bonds. The van der Waals surface area contributed by atoms with Crippen molar-refractivity contribution >= 4 is 17.4 Å². The van der Waals surface area contributed by atoms with Crippen LogP contribution in [0.4, 0.5) is 5.69 Å². The minimum absolute atomic E-state index is 0.0546. The zero-order valence-corrected chi connectivity index (χ0v) is 15.8. The molecule has 1 atom stereocenters. The molecule has 29 heavy (non-hydrogen) atoms. The van der Waals surface area contributed by atoms with Gasteiger partial charge < -0.3 is 20.5 Å². The summed E-state index contributed by atoms with van der Waals surface area (Å²) < 4.78 is 10.8. The second kappa shape index (κ2) is 6.53. The van der Waals surface area contributed by atoms with E-state index < -0.39 is 17.1 Å². The largest absolute Gasteiger partial charge is 0.497 e. The number of benzene rings is 2. The van der Waals surface area contributed by atoms with Gasteiger partial charge in [0, 0.05) is 16.8 Å². The number of amides is 1. The Morgan fingerprint density at radius 1 is 1.24 bits per heavy atom. The summed E-state index contributed by atoms with van der Waals surface area (Å²) >= 11 is 0. The minimum Gasteiger partial charge on any atom is -0.497 e. The number of nitrogens with one attached hydrogen (secondary N) is 1. The standard InChI is InChI=1S/C22H17N3O4/c1-12-18(19(26)13-6-4-3-5-7-13)22(16(11-23)20(24)29-12)15-10-14(28-2)8-9-17(15)25-21(22)27/h3-10H,24H2,1-2H3,(H,25,27). The van der Waals surface area contributed by atoms with Crippen LogP contribution in [0.25, 0.3) is 0 Å². The molecule has 2 aliphatic heterocycles. The van der Waals surface area contributed by atoms with Gasteiger partial charge in [-0.15, -0.1) is 0 Å². The van der Waals surface area contributed by atoms with Gasteiger partial charge in [0.15, 0.2) is 5.78 Å². The highest BCUT2D eigenvalue weighted by molar-refractivity contribution is 6.22. The summed E-state index contributed by atoms with van der Waals surface area (Å²) in [7, 11) is 1.50. The molecule has 144 valence electrons. The van der Waals surface area contributed by atoms with Gasteiger partial charge in [-0.25, -0.2) is 0 Å². The summed E-state index contributed by atoms with van der Waals surface area (Å²) in [6.45, 7) is 1.56. The van der Waals surface area contributed by atoms with Gasteiger partial charge in [0.1, 0.15) is 28.6 Å². The lowest BCUT2D eigenvalue weighted by Crippen LogP contribution is -2.45. The van der Waals surface area contributed by atoms with Crippen molar-refractivity contribution in [2.75, 3.05) is 12.4 Å². The van der Waals surface area contributed by atoms with Crippen LogP contribution in [0.3, 0.4) is 0 Å². The summed E-state index contributed by atoms with van der Waals surface area (Å²) in [5.41, 5.74) is 5.46. The number of hydrogen-bond acceptors (Lipinski definition) is 6. The molecule has 2 aliphatic rings. The number of allylic oxidation sites excluding steroid dienone is 1. The lowest BCUT2D eigenvalue weighted by Gasteiger charge is -2.34. The van der Waals surface area contributed by atoms with Crippen molar-refractivity contribution in [1.82, 2.24) is 0 Å². The molecule has 7 nitrogen and oxygen atoms in total. The van der Waals surface area contributed by atoms with Gasteiger partial charge in [-0.1, -0.05) is 30.3 Å². The second-order valence-corrected chi connectivity index (χ2v) is 6.70. The summed E-state index contributed by atoms with van der Waals surface area (Å²) in [5.74, 6) is -0.524. The maximum Gasteiger partial charge on any atom is 0.245 e. The molecule has 4 rings (SSSR count). The van der Waals surface area contributed by atoms with E-state index in [1.165, 1.54) is 7.11 Å². The molecule has 0 bridgehead atoms. The average molecular weight is 387 g/mol. The molecule has 1 unspecified atom stereocenters. The van der Waals surface area contributed by atoms with Crippen LogP contribution in [0.5, 0.6) is 5.75 Å². The number of nitriles is 1. The second-order valence-electron chi connectivity index (χ2n) is 6.70. The third-order valence-electron chi connectivity index (χ3n) is 5.21. The summed E-state index contributed by atoms with van der Waals surface area (Å²) in [4.78, 5) is 26.9. The van der Waals surface area contributed by atoms with Crippen molar-refractivity contribution < 1.29 is 19.1 Å². The zero-order chi connectivity index (χ0) is 20.8.